The summed E-state index contributed by atoms with van der Waals surface area (Å²) in [6.07, 6.45) is 2.78. The summed E-state index contributed by atoms with van der Waals surface area (Å²) in [5.74, 6) is 0.0245. The number of halogens is 1. The Morgan fingerprint density at radius 3 is 3.00 bits per heavy atom. The van der Waals surface area contributed by atoms with Gasteiger partial charge >= 0.3 is 0 Å². The molecule has 98 valence electrons. The van der Waals surface area contributed by atoms with Crippen molar-refractivity contribution in [2.75, 3.05) is 13.6 Å². The first-order chi connectivity index (χ1) is 9.17. The molecule has 1 amide bonds. The van der Waals surface area contributed by atoms with E-state index in [1.165, 1.54) is 3.57 Å². The van der Waals surface area contributed by atoms with Crippen LogP contribution in [-0.4, -0.2) is 29.4 Å². The minimum absolute atomic E-state index is 0.0245. The third-order valence-electron chi connectivity index (χ3n) is 3.33. The summed E-state index contributed by atoms with van der Waals surface area (Å²) in [5.41, 5.74) is 2.74. The molecular weight excluding hydrogens is 353 g/mol. The Hall–Kier alpha value is -1.50. The normalized spacial score (nSPS) is 14.8. The van der Waals surface area contributed by atoms with Crippen molar-refractivity contribution in [2.24, 2.45) is 0 Å². The Kier molecular flexibility index (Phi) is 3.22. The average molecular weight is 367 g/mol. The number of nitrogens with zero attached hydrogens (tertiary/aromatic N) is 1. The average Bonchev–Trinajstić information content (AvgIpc) is 3.03. The van der Waals surface area contributed by atoms with Crippen LogP contribution in [0.3, 0.4) is 0 Å². The van der Waals surface area contributed by atoms with Crippen molar-refractivity contribution in [2.45, 2.75) is 6.42 Å². The lowest BCUT2D eigenvalue weighted by molar-refractivity contribution is 0.0828. The van der Waals surface area contributed by atoms with Crippen LogP contribution in [0.5, 0.6) is 0 Å². The summed E-state index contributed by atoms with van der Waals surface area (Å²) in [6.45, 7) is 0.738. The second-order valence-corrected chi connectivity index (χ2v) is 5.81. The highest BCUT2D eigenvalue weighted by molar-refractivity contribution is 14.1. The lowest BCUT2D eigenvalue weighted by Crippen LogP contribution is -2.23. The van der Waals surface area contributed by atoms with Gasteiger partial charge in [-0.1, -0.05) is 0 Å². The molecule has 1 aromatic carbocycles. The molecule has 0 fully saturated rings. The Labute approximate surface area is 125 Å². The minimum atomic E-state index is 0.0245. The van der Waals surface area contributed by atoms with Crippen molar-refractivity contribution in [1.29, 1.82) is 0 Å². The van der Waals surface area contributed by atoms with Crippen LogP contribution in [-0.2, 0) is 0 Å². The predicted octanol–water partition coefficient (Wildman–Crippen LogP) is 2.68. The maximum Gasteiger partial charge on any atom is 0.274 e. The molecule has 1 aliphatic heterocycles. The molecule has 0 radical (unpaired) electrons. The monoisotopic (exact) mass is 367 g/mol. The number of aromatic amines is 1. The topological polar surface area (TPSA) is 48.1 Å². The number of amides is 1. The number of carbonyl (C=O) groups is 1. The number of aromatic nitrogens is 1. The molecule has 2 heterocycles. The first kappa shape index (κ1) is 12.5. The van der Waals surface area contributed by atoms with E-state index in [1.54, 1.807) is 4.90 Å². The van der Waals surface area contributed by atoms with Gasteiger partial charge in [-0.15, -0.1) is 0 Å². The van der Waals surface area contributed by atoms with E-state index >= 15 is 0 Å². The number of benzene rings is 1. The summed E-state index contributed by atoms with van der Waals surface area (Å²) in [5, 5.41) is 4.17. The highest BCUT2D eigenvalue weighted by Gasteiger charge is 2.20. The first-order valence-corrected chi connectivity index (χ1v) is 7.23. The van der Waals surface area contributed by atoms with Gasteiger partial charge < -0.3 is 15.2 Å². The van der Waals surface area contributed by atoms with E-state index in [1.807, 2.05) is 31.4 Å². The first-order valence-electron chi connectivity index (χ1n) is 6.15. The molecule has 0 unspecified atom stereocenters. The number of H-pyrrole nitrogens is 1. The number of hydrogen-bond donors (Lipinski definition) is 2. The van der Waals surface area contributed by atoms with Crippen molar-refractivity contribution in [3.05, 3.63) is 45.4 Å². The number of rotatable bonds is 2. The maximum atomic E-state index is 12.4. The number of carbonyl (C=O) groups excluding carboxylic acids is 1. The van der Waals surface area contributed by atoms with Gasteiger partial charge in [-0.05, 0) is 46.9 Å². The van der Waals surface area contributed by atoms with Gasteiger partial charge in [-0.25, -0.2) is 0 Å². The molecule has 19 heavy (non-hydrogen) atoms. The summed E-state index contributed by atoms with van der Waals surface area (Å²) in [7, 11) is 1.88. The van der Waals surface area contributed by atoms with E-state index in [0.717, 1.165) is 29.6 Å². The fraction of sp³-hybridized carbons (Fsp3) is 0.214. The Bertz CT molecular complexity index is 674. The largest absolute Gasteiger partial charge is 0.390 e. The van der Waals surface area contributed by atoms with Gasteiger partial charge in [0.15, 0.2) is 0 Å². The zero-order chi connectivity index (χ0) is 13.4. The summed E-state index contributed by atoms with van der Waals surface area (Å²) in [4.78, 5) is 17.3. The highest BCUT2D eigenvalue weighted by Crippen LogP contribution is 2.21. The molecule has 5 heteroatoms. The summed E-state index contributed by atoms with van der Waals surface area (Å²) in [6, 6.07) is 8.03. The molecule has 1 aromatic heterocycles. The standard InChI is InChI=1S/C14H14IN3O/c1-16-11-4-5-18(8-11)14(19)13-7-9-6-10(15)2-3-12(9)17-13/h2-3,6-8,16-17H,4-5H2,1H3. The van der Waals surface area contributed by atoms with E-state index in [2.05, 4.69) is 39.0 Å². The lowest BCUT2D eigenvalue weighted by atomic mass is 10.2. The third-order valence-corrected chi connectivity index (χ3v) is 4.00. The fourth-order valence-electron chi connectivity index (χ4n) is 2.28. The van der Waals surface area contributed by atoms with Crippen LogP contribution in [0.2, 0.25) is 0 Å². The zero-order valence-corrected chi connectivity index (χ0v) is 12.7. The second kappa shape index (κ2) is 4.88. The smallest absolute Gasteiger partial charge is 0.274 e. The van der Waals surface area contributed by atoms with Gasteiger partial charge in [0.05, 0.1) is 0 Å². The minimum Gasteiger partial charge on any atom is -0.390 e. The molecule has 0 saturated heterocycles. The lowest BCUT2D eigenvalue weighted by Gasteiger charge is -2.10. The zero-order valence-electron chi connectivity index (χ0n) is 10.5. The van der Waals surface area contributed by atoms with Crippen LogP contribution in [0.4, 0.5) is 0 Å². The van der Waals surface area contributed by atoms with Crippen molar-refractivity contribution in [3.63, 3.8) is 0 Å². The molecule has 2 aromatic rings. The van der Waals surface area contributed by atoms with Crippen LogP contribution in [0.1, 0.15) is 16.9 Å². The van der Waals surface area contributed by atoms with E-state index in [4.69, 9.17) is 0 Å². The Morgan fingerprint density at radius 1 is 1.42 bits per heavy atom. The van der Waals surface area contributed by atoms with E-state index in [0.29, 0.717) is 5.69 Å². The second-order valence-electron chi connectivity index (χ2n) is 4.57. The number of fused-ring (bicyclic) bond motifs is 1. The van der Waals surface area contributed by atoms with Crippen molar-refractivity contribution < 1.29 is 4.79 Å². The van der Waals surface area contributed by atoms with Crippen molar-refractivity contribution in [3.8, 4) is 0 Å². The molecule has 0 atom stereocenters. The van der Waals surface area contributed by atoms with Gasteiger partial charge in [0, 0.05) is 46.4 Å². The third kappa shape index (κ3) is 2.34. The molecule has 1 aliphatic rings. The SMILES string of the molecule is CNC1=CN(C(=O)c2cc3cc(I)ccc3[nH]2)CC1. The summed E-state index contributed by atoms with van der Waals surface area (Å²) < 4.78 is 1.17. The van der Waals surface area contributed by atoms with E-state index in [-0.39, 0.29) is 5.91 Å². The predicted molar refractivity (Wildman–Crippen MR) is 83.8 cm³/mol. The molecule has 0 spiro atoms. The van der Waals surface area contributed by atoms with Crippen LogP contribution in [0.25, 0.3) is 10.9 Å². The van der Waals surface area contributed by atoms with Crippen LogP contribution in [0.15, 0.2) is 36.2 Å². The fourth-order valence-corrected chi connectivity index (χ4v) is 2.80. The van der Waals surface area contributed by atoms with Crippen LogP contribution in [0, 0.1) is 3.57 Å². The van der Waals surface area contributed by atoms with Gasteiger partial charge in [0.2, 0.25) is 0 Å². The van der Waals surface area contributed by atoms with Crippen molar-refractivity contribution >= 4 is 39.4 Å². The Balaban J connectivity index is 1.92. The number of hydrogen-bond acceptors (Lipinski definition) is 2. The molecule has 2 N–H and O–H groups in total. The molecule has 0 aliphatic carbocycles. The van der Waals surface area contributed by atoms with Gasteiger partial charge in [0.1, 0.15) is 5.69 Å². The van der Waals surface area contributed by atoms with Gasteiger partial charge in [-0.2, -0.15) is 0 Å². The molecule has 4 nitrogen and oxygen atoms in total. The molecule has 0 bridgehead atoms. The Morgan fingerprint density at radius 2 is 2.26 bits per heavy atom. The van der Waals surface area contributed by atoms with E-state index < -0.39 is 0 Å². The molecular formula is C14H14IN3O. The maximum absolute atomic E-state index is 12.4. The summed E-state index contributed by atoms with van der Waals surface area (Å²) >= 11 is 2.27. The molecule has 3 rings (SSSR count). The number of nitrogens with one attached hydrogen (secondary N) is 2. The highest BCUT2D eigenvalue weighted by atomic mass is 127. The van der Waals surface area contributed by atoms with Crippen LogP contribution < -0.4 is 5.32 Å². The van der Waals surface area contributed by atoms with Gasteiger partial charge in [-0.3, -0.25) is 4.79 Å². The van der Waals surface area contributed by atoms with Crippen molar-refractivity contribution in [1.82, 2.24) is 15.2 Å². The molecule has 0 saturated carbocycles. The van der Waals surface area contributed by atoms with Crippen LogP contribution >= 0.6 is 22.6 Å². The quantitative estimate of drug-likeness (QED) is 0.802. The van der Waals surface area contributed by atoms with Gasteiger partial charge in [0.25, 0.3) is 5.91 Å². The van der Waals surface area contributed by atoms with E-state index in [9.17, 15) is 4.79 Å².